The third-order valence-electron chi connectivity index (χ3n) is 17.8. The molecule has 6 nitrogen and oxygen atoms in total. The van der Waals surface area contributed by atoms with E-state index in [1.54, 1.807) is 0 Å². The van der Waals surface area contributed by atoms with Crippen molar-refractivity contribution in [3.63, 3.8) is 0 Å². The van der Waals surface area contributed by atoms with E-state index in [9.17, 15) is 19.8 Å². The number of carbonyl (C=O) groups is 2. The smallest absolute Gasteiger partial charge is 0.305 e. The van der Waals surface area contributed by atoms with Gasteiger partial charge in [-0.3, -0.25) is 9.59 Å². The molecule has 0 aromatic carbocycles. The first-order valence-corrected chi connectivity index (χ1v) is 37.6. The lowest BCUT2D eigenvalue weighted by molar-refractivity contribution is -0.143. The molecular weight excluding hydrogens is 1010 g/mol. The second-order valence-corrected chi connectivity index (χ2v) is 26.0. The molecule has 486 valence electrons. The third kappa shape index (κ3) is 67.5. The largest absolute Gasteiger partial charge is 0.466 e. The number of amides is 1. The molecular formula is C76H147NO5. The van der Waals surface area contributed by atoms with Crippen LogP contribution in [0.15, 0.2) is 24.3 Å². The van der Waals surface area contributed by atoms with Gasteiger partial charge in [-0.05, 0) is 57.8 Å². The molecule has 1 amide bonds. The number of ether oxygens (including phenoxy) is 1. The molecule has 0 rings (SSSR count). The Morgan fingerprint density at radius 1 is 0.341 bits per heavy atom. The van der Waals surface area contributed by atoms with Gasteiger partial charge in [0.05, 0.1) is 25.4 Å². The summed E-state index contributed by atoms with van der Waals surface area (Å²) in [6.45, 7) is 5.00. The Hall–Kier alpha value is -1.66. The lowest BCUT2D eigenvalue weighted by atomic mass is 10.0. The molecule has 0 bridgehead atoms. The summed E-state index contributed by atoms with van der Waals surface area (Å²) in [5, 5.41) is 23.4. The van der Waals surface area contributed by atoms with E-state index in [0.29, 0.717) is 25.9 Å². The average Bonchev–Trinajstić information content (AvgIpc) is 3.48. The highest BCUT2D eigenvalue weighted by Crippen LogP contribution is 2.19. The van der Waals surface area contributed by atoms with Crippen molar-refractivity contribution >= 4 is 11.9 Å². The SMILES string of the molecule is CCCCCCCCCCCCCCCCCCCCCCCCC(O)C(CO)NC(=O)CCCCCCCCCCC/C=C\C/C=C\CCCCCCCCCCCOC(=O)CCCCCCCCCCCCCCCCCCCC. The fourth-order valence-corrected chi connectivity index (χ4v) is 12.0. The van der Waals surface area contributed by atoms with Crippen LogP contribution in [0.2, 0.25) is 0 Å². The van der Waals surface area contributed by atoms with Crippen molar-refractivity contribution in [1.29, 1.82) is 0 Å². The predicted octanol–water partition coefficient (Wildman–Crippen LogP) is 24.5. The van der Waals surface area contributed by atoms with Crippen molar-refractivity contribution in [1.82, 2.24) is 5.32 Å². The number of nitrogens with one attached hydrogen (secondary N) is 1. The molecule has 0 fully saturated rings. The van der Waals surface area contributed by atoms with Gasteiger partial charge in [-0.1, -0.05) is 378 Å². The Kier molecular flexibility index (Phi) is 70.4. The maximum absolute atomic E-state index is 12.6. The van der Waals surface area contributed by atoms with Crippen LogP contribution in [0.1, 0.15) is 425 Å². The van der Waals surface area contributed by atoms with Gasteiger partial charge in [0.1, 0.15) is 0 Å². The number of hydrogen-bond donors (Lipinski definition) is 3. The van der Waals surface area contributed by atoms with Gasteiger partial charge in [-0.25, -0.2) is 0 Å². The zero-order valence-electron chi connectivity index (χ0n) is 55.8. The molecule has 0 heterocycles. The van der Waals surface area contributed by atoms with Crippen LogP contribution < -0.4 is 5.32 Å². The zero-order valence-corrected chi connectivity index (χ0v) is 55.8. The van der Waals surface area contributed by atoms with Crippen LogP contribution in [0.4, 0.5) is 0 Å². The summed E-state index contributed by atoms with van der Waals surface area (Å²) in [5.41, 5.74) is 0. The summed E-state index contributed by atoms with van der Waals surface area (Å²) < 4.78 is 5.51. The number of aliphatic hydroxyl groups excluding tert-OH is 2. The molecule has 0 aliphatic heterocycles. The number of esters is 1. The fraction of sp³-hybridized carbons (Fsp3) is 0.921. The monoisotopic (exact) mass is 1150 g/mol. The Morgan fingerprint density at radius 3 is 0.927 bits per heavy atom. The minimum absolute atomic E-state index is 0.0145. The van der Waals surface area contributed by atoms with Gasteiger partial charge in [0, 0.05) is 12.8 Å². The number of allylic oxidation sites excluding steroid dienone is 4. The predicted molar refractivity (Wildman–Crippen MR) is 361 cm³/mol. The van der Waals surface area contributed by atoms with Crippen molar-refractivity contribution in [3.8, 4) is 0 Å². The third-order valence-corrected chi connectivity index (χ3v) is 17.8. The fourth-order valence-electron chi connectivity index (χ4n) is 12.0. The topological polar surface area (TPSA) is 95.9 Å². The summed E-state index contributed by atoms with van der Waals surface area (Å²) in [5.74, 6) is -0.0218. The molecule has 0 saturated carbocycles. The van der Waals surface area contributed by atoms with Gasteiger partial charge in [-0.15, -0.1) is 0 Å². The van der Waals surface area contributed by atoms with Gasteiger partial charge in [-0.2, -0.15) is 0 Å². The van der Waals surface area contributed by atoms with E-state index >= 15 is 0 Å². The van der Waals surface area contributed by atoms with Crippen LogP contribution in [0.3, 0.4) is 0 Å². The van der Waals surface area contributed by atoms with E-state index in [2.05, 4.69) is 43.5 Å². The highest BCUT2D eigenvalue weighted by atomic mass is 16.5. The van der Waals surface area contributed by atoms with E-state index in [4.69, 9.17) is 4.74 Å². The first kappa shape index (κ1) is 80.3. The maximum atomic E-state index is 12.6. The van der Waals surface area contributed by atoms with E-state index in [1.807, 2.05) is 0 Å². The lowest BCUT2D eigenvalue weighted by Crippen LogP contribution is -2.45. The minimum Gasteiger partial charge on any atom is -0.466 e. The molecule has 0 aliphatic rings. The lowest BCUT2D eigenvalue weighted by Gasteiger charge is -2.22. The second-order valence-electron chi connectivity index (χ2n) is 26.0. The average molecular weight is 1160 g/mol. The molecule has 2 unspecified atom stereocenters. The van der Waals surface area contributed by atoms with Crippen LogP contribution in [-0.4, -0.2) is 47.4 Å². The van der Waals surface area contributed by atoms with Gasteiger partial charge in [0.2, 0.25) is 5.91 Å². The van der Waals surface area contributed by atoms with Crippen LogP contribution in [0.25, 0.3) is 0 Å². The molecule has 6 heteroatoms. The van der Waals surface area contributed by atoms with Crippen molar-refractivity contribution in [2.24, 2.45) is 0 Å². The van der Waals surface area contributed by atoms with Gasteiger partial charge >= 0.3 is 5.97 Å². The van der Waals surface area contributed by atoms with Crippen molar-refractivity contribution < 1.29 is 24.5 Å². The van der Waals surface area contributed by atoms with E-state index in [0.717, 1.165) is 44.9 Å². The highest BCUT2D eigenvalue weighted by molar-refractivity contribution is 5.76. The quantitative estimate of drug-likeness (QED) is 0.0320. The molecule has 0 aromatic heterocycles. The minimum atomic E-state index is -0.670. The van der Waals surface area contributed by atoms with Crippen LogP contribution in [-0.2, 0) is 14.3 Å². The van der Waals surface area contributed by atoms with Crippen molar-refractivity contribution in [3.05, 3.63) is 24.3 Å². The summed E-state index contributed by atoms with van der Waals surface area (Å²) >= 11 is 0. The first-order chi connectivity index (χ1) is 40.5. The summed E-state index contributed by atoms with van der Waals surface area (Å²) in [7, 11) is 0. The molecule has 3 N–H and O–H groups in total. The summed E-state index contributed by atoms with van der Waals surface area (Å²) in [6, 6.07) is -0.547. The van der Waals surface area contributed by atoms with Crippen LogP contribution >= 0.6 is 0 Å². The zero-order chi connectivity index (χ0) is 59.2. The van der Waals surface area contributed by atoms with Crippen LogP contribution in [0, 0.1) is 0 Å². The Labute approximate surface area is 513 Å². The molecule has 0 aliphatic carbocycles. The Balaban J connectivity index is 3.41. The van der Waals surface area contributed by atoms with Crippen LogP contribution in [0.5, 0.6) is 0 Å². The molecule has 0 aromatic rings. The standard InChI is InChI=1S/C76H147NO5/c1-3-5-7-9-11-13-15-17-19-21-23-24-30-33-36-40-44-48-52-56-60-64-68-74(79)73(72-78)77-75(80)69-65-61-57-53-49-45-41-37-34-31-28-26-25-27-29-32-35-39-43-47-51-55-59-63-67-71-82-76(81)70-66-62-58-54-50-46-42-38-22-20-18-16-14-12-10-8-6-4-2/h26-29,73-74,78-79H,3-25,30-72H2,1-2H3,(H,77,80)/b28-26-,29-27-. The van der Waals surface area contributed by atoms with Gasteiger partial charge < -0.3 is 20.3 Å². The van der Waals surface area contributed by atoms with E-state index < -0.39 is 12.1 Å². The molecule has 0 spiro atoms. The van der Waals surface area contributed by atoms with Gasteiger partial charge in [0.25, 0.3) is 0 Å². The Bertz CT molecular complexity index is 1280. The van der Waals surface area contributed by atoms with E-state index in [1.165, 1.54) is 347 Å². The number of hydrogen-bond acceptors (Lipinski definition) is 5. The van der Waals surface area contributed by atoms with Crippen molar-refractivity contribution in [2.45, 2.75) is 437 Å². The van der Waals surface area contributed by atoms with E-state index in [-0.39, 0.29) is 18.5 Å². The summed E-state index contributed by atoms with van der Waals surface area (Å²) in [6.07, 6.45) is 91.0. The number of unbranched alkanes of at least 4 members (excludes halogenated alkanes) is 56. The molecule has 0 saturated heterocycles. The first-order valence-electron chi connectivity index (χ1n) is 37.6. The van der Waals surface area contributed by atoms with Crippen molar-refractivity contribution in [2.75, 3.05) is 13.2 Å². The summed E-state index contributed by atoms with van der Waals surface area (Å²) in [4.78, 5) is 24.7. The molecule has 82 heavy (non-hydrogen) atoms. The van der Waals surface area contributed by atoms with Gasteiger partial charge in [0.15, 0.2) is 0 Å². The number of rotatable bonds is 71. The molecule has 2 atom stereocenters. The number of carbonyl (C=O) groups excluding carboxylic acids is 2. The normalized spacial score (nSPS) is 12.6. The molecule has 0 radical (unpaired) electrons. The Morgan fingerprint density at radius 2 is 0.610 bits per heavy atom. The highest BCUT2D eigenvalue weighted by Gasteiger charge is 2.20. The number of aliphatic hydroxyl groups is 2. The maximum Gasteiger partial charge on any atom is 0.305 e. The second kappa shape index (κ2) is 71.8.